The molecule has 2 aliphatic rings. The van der Waals surface area contributed by atoms with E-state index in [0.717, 1.165) is 4.22 Å². The van der Waals surface area contributed by atoms with Gasteiger partial charge in [-0.25, -0.2) is 0 Å². The monoisotopic (exact) mass is 442 g/mol. The molecule has 0 saturated heterocycles. The largest absolute Gasteiger partial charge is 1.00 e. The predicted molar refractivity (Wildman–Crippen MR) is 105 cm³/mol. The van der Waals surface area contributed by atoms with E-state index in [-0.39, 0.29) is 51.9 Å². The number of hydrogen-bond acceptors (Lipinski definition) is 0. The number of halogens is 2. The summed E-state index contributed by atoms with van der Waals surface area (Å²) in [6.45, 7) is 4.68. The topological polar surface area (TPSA) is 0 Å². The minimum absolute atomic E-state index is 0. The first-order valence-electron chi connectivity index (χ1n) is 9.51. The van der Waals surface area contributed by atoms with Crippen molar-refractivity contribution in [3.8, 4) is 0 Å². The third-order valence-corrected chi connectivity index (χ3v) is 10.7. The Balaban J connectivity index is 0.00000169. The predicted octanol–water partition coefficient (Wildman–Crippen LogP) is 1.10. The number of benzene rings is 1. The van der Waals surface area contributed by atoms with E-state index in [1.54, 1.807) is 9.44 Å². The maximum absolute atomic E-state index is 2.60. The molecule has 1 atom stereocenters. The van der Waals surface area contributed by atoms with Crippen molar-refractivity contribution in [2.24, 2.45) is 0 Å². The number of hydrogen-bond donors (Lipinski definition) is 0. The van der Waals surface area contributed by atoms with Gasteiger partial charge in [-0.2, -0.15) is 0 Å². The van der Waals surface area contributed by atoms with Crippen molar-refractivity contribution >= 4 is 14.0 Å². The second-order valence-corrected chi connectivity index (χ2v) is 11.6. The number of fused-ring (bicyclic) bond motifs is 1. The fourth-order valence-corrected chi connectivity index (χ4v) is 9.89. The standard InChI is InChI=1S/C17H24P.C5H5.2ClH.Ti/c1-3-5-11-18(12-6-4-2)17-13-15-9-7-8-10-16(15)14-17;1-2-4-5-3-1;;;/h7-10,13-14H,3-6,11-12H2,1-2H3;1-3H,4H2;2*1H;/q;;;;+2/p-2. The summed E-state index contributed by atoms with van der Waals surface area (Å²) in [7, 11) is 0.0653. The van der Waals surface area contributed by atoms with Gasteiger partial charge in [0.25, 0.3) is 0 Å². The van der Waals surface area contributed by atoms with Crippen LogP contribution in [0.5, 0.6) is 0 Å². The smallest absolute Gasteiger partial charge is 1.00 e. The molecule has 0 amide bonds. The number of rotatable bonds is 9. The zero-order chi connectivity index (χ0) is 16.8. The molecule has 0 nitrogen and oxygen atoms in total. The molecular weight excluding hydrogens is 414 g/mol. The van der Waals surface area contributed by atoms with Gasteiger partial charge in [0.1, 0.15) is 0 Å². The van der Waals surface area contributed by atoms with Gasteiger partial charge < -0.3 is 24.8 Å². The summed E-state index contributed by atoms with van der Waals surface area (Å²) < 4.78 is 2.51. The molecular formula is C22H29Cl2PTi. The molecule has 0 fully saturated rings. The van der Waals surface area contributed by atoms with Crippen molar-refractivity contribution in [1.82, 2.24) is 0 Å². The Hall–Kier alpha value is 0.164. The third-order valence-electron chi connectivity index (χ3n) is 4.94. The van der Waals surface area contributed by atoms with Crippen LogP contribution in [0.1, 0.15) is 61.3 Å². The van der Waals surface area contributed by atoms with Crippen LogP contribution >= 0.6 is 7.92 Å². The quantitative estimate of drug-likeness (QED) is 0.397. The second kappa shape index (κ2) is 12.6. The van der Waals surface area contributed by atoms with Gasteiger partial charge in [-0.1, -0.05) is 0 Å². The van der Waals surface area contributed by atoms with Crippen LogP contribution in [0.15, 0.2) is 51.7 Å². The normalized spacial score (nSPS) is 17.1. The summed E-state index contributed by atoms with van der Waals surface area (Å²) in [6, 6.07) is 9.21. The van der Waals surface area contributed by atoms with E-state index in [4.69, 9.17) is 0 Å². The summed E-state index contributed by atoms with van der Waals surface area (Å²) in [6.07, 6.45) is 19.2. The molecule has 0 aliphatic heterocycles. The molecule has 140 valence electrons. The summed E-state index contributed by atoms with van der Waals surface area (Å²) in [4.78, 5) is 0. The van der Waals surface area contributed by atoms with Gasteiger partial charge in [-0.15, -0.1) is 0 Å². The molecule has 1 aromatic carbocycles. The van der Waals surface area contributed by atoms with Crippen molar-refractivity contribution in [2.45, 2.75) is 50.2 Å². The summed E-state index contributed by atoms with van der Waals surface area (Å²) >= 11 is -0.0883. The SMILES string of the molecule is CCCCP(CCCC)C1=Cc2ccccc2[CH]1[Ti+2][C]1=CC=CC1.[Cl-].[Cl-]. The Morgan fingerprint density at radius 3 is 2.35 bits per heavy atom. The summed E-state index contributed by atoms with van der Waals surface area (Å²) in [5.41, 5.74) is 3.16. The van der Waals surface area contributed by atoms with Gasteiger partial charge in [0.2, 0.25) is 0 Å². The Labute approximate surface area is 182 Å². The Morgan fingerprint density at radius 2 is 1.73 bits per heavy atom. The van der Waals surface area contributed by atoms with E-state index in [0.29, 0.717) is 0 Å². The molecule has 0 aromatic heterocycles. The first-order valence-corrected chi connectivity index (χ1v) is 12.9. The van der Waals surface area contributed by atoms with Crippen LogP contribution in [0.4, 0.5) is 0 Å². The molecule has 0 bridgehead atoms. The first-order chi connectivity index (χ1) is 11.8. The van der Waals surface area contributed by atoms with Crippen LogP contribution in [0.3, 0.4) is 0 Å². The van der Waals surface area contributed by atoms with Gasteiger partial charge in [-0.05, 0) is 0 Å². The second-order valence-electron chi connectivity index (χ2n) is 6.79. The maximum atomic E-state index is 2.60. The van der Waals surface area contributed by atoms with E-state index in [9.17, 15) is 0 Å². The third kappa shape index (κ3) is 6.08. The molecule has 0 spiro atoms. The van der Waals surface area contributed by atoms with Gasteiger partial charge >= 0.3 is 158 Å². The maximum Gasteiger partial charge on any atom is -1.00 e. The molecule has 3 rings (SSSR count). The minimum atomic E-state index is -0.0883. The van der Waals surface area contributed by atoms with E-state index < -0.39 is 0 Å². The van der Waals surface area contributed by atoms with E-state index in [2.05, 4.69) is 62.4 Å². The van der Waals surface area contributed by atoms with Gasteiger partial charge in [-0.3, -0.25) is 0 Å². The van der Waals surface area contributed by atoms with E-state index in [1.807, 2.05) is 5.31 Å². The van der Waals surface area contributed by atoms with Crippen LogP contribution in [0.25, 0.3) is 6.08 Å². The average molecular weight is 443 g/mol. The molecule has 1 aromatic rings. The van der Waals surface area contributed by atoms with Crippen LogP contribution in [0.2, 0.25) is 0 Å². The Bertz CT molecular complexity index is 643. The number of allylic oxidation sites excluding steroid dienone is 5. The van der Waals surface area contributed by atoms with E-state index >= 15 is 0 Å². The Kier molecular flexibility index (Phi) is 11.7. The average Bonchev–Trinajstić information content (AvgIpc) is 3.24. The number of unbranched alkanes of at least 4 members (excludes halogenated alkanes) is 2. The van der Waals surface area contributed by atoms with Gasteiger partial charge in [0.05, 0.1) is 0 Å². The molecule has 0 N–H and O–H groups in total. The van der Waals surface area contributed by atoms with Gasteiger partial charge in [0, 0.05) is 0 Å². The van der Waals surface area contributed by atoms with Gasteiger partial charge in [0.15, 0.2) is 0 Å². The molecule has 0 heterocycles. The Morgan fingerprint density at radius 1 is 1.04 bits per heavy atom. The van der Waals surface area contributed by atoms with Crippen molar-refractivity contribution in [2.75, 3.05) is 12.3 Å². The molecule has 0 radical (unpaired) electrons. The molecule has 2 aliphatic carbocycles. The zero-order valence-electron chi connectivity index (χ0n) is 15.8. The minimum Gasteiger partial charge on any atom is -1.00 e. The summed E-state index contributed by atoms with van der Waals surface area (Å²) in [5, 5.41) is 1.85. The molecule has 4 heteroatoms. The fraction of sp³-hybridized carbons (Fsp3) is 0.455. The zero-order valence-corrected chi connectivity index (χ0v) is 19.8. The van der Waals surface area contributed by atoms with Crippen LogP contribution < -0.4 is 24.8 Å². The molecule has 0 saturated carbocycles. The molecule has 26 heavy (non-hydrogen) atoms. The van der Waals surface area contributed by atoms with Crippen LogP contribution in [-0.4, -0.2) is 12.3 Å². The van der Waals surface area contributed by atoms with E-state index in [1.165, 1.54) is 50.0 Å². The van der Waals surface area contributed by atoms with Crippen LogP contribution in [-0.2, 0) is 19.2 Å². The summed E-state index contributed by atoms with van der Waals surface area (Å²) in [5.74, 6) is 0. The van der Waals surface area contributed by atoms with Crippen molar-refractivity contribution < 1.29 is 44.0 Å². The van der Waals surface area contributed by atoms with Crippen LogP contribution in [0, 0.1) is 0 Å². The fourth-order valence-electron chi connectivity index (χ4n) is 3.54. The van der Waals surface area contributed by atoms with Crippen molar-refractivity contribution in [3.05, 3.63) is 62.8 Å². The first kappa shape index (κ1) is 24.2. The van der Waals surface area contributed by atoms with Crippen molar-refractivity contribution in [3.63, 3.8) is 0 Å². The molecule has 1 unspecified atom stereocenters. The van der Waals surface area contributed by atoms with Crippen molar-refractivity contribution in [1.29, 1.82) is 0 Å².